The van der Waals surface area contributed by atoms with E-state index in [9.17, 15) is 19.2 Å². The van der Waals surface area contributed by atoms with E-state index >= 15 is 0 Å². The fourth-order valence-electron chi connectivity index (χ4n) is 4.07. The molecule has 0 aromatic heterocycles. The molecule has 0 N–H and O–H groups in total. The average molecular weight is 424 g/mol. The minimum absolute atomic E-state index is 0.0432. The Morgan fingerprint density at radius 1 is 1.00 bits per heavy atom. The second kappa shape index (κ2) is 10.8. The van der Waals surface area contributed by atoms with Crippen molar-refractivity contribution < 1.29 is 23.9 Å². The summed E-state index contributed by atoms with van der Waals surface area (Å²) in [7, 11) is 0. The van der Waals surface area contributed by atoms with Crippen LogP contribution in [0.2, 0.25) is 0 Å². The molecule has 1 saturated heterocycles. The molecule has 0 saturated carbocycles. The number of fused-ring (bicyclic) bond motifs is 1. The smallest absolute Gasteiger partial charge is 0.376 e. The zero-order valence-electron chi connectivity index (χ0n) is 18.0. The molecule has 6 nitrogen and oxygen atoms in total. The van der Waals surface area contributed by atoms with Crippen molar-refractivity contribution >= 4 is 34.2 Å². The molecule has 1 atom stereocenters. The molecule has 31 heavy (non-hydrogen) atoms. The first kappa shape index (κ1) is 22.7. The Hall–Kier alpha value is -3.02. The van der Waals surface area contributed by atoms with E-state index in [0.717, 1.165) is 12.8 Å². The van der Waals surface area contributed by atoms with Crippen LogP contribution in [0.5, 0.6) is 0 Å². The summed E-state index contributed by atoms with van der Waals surface area (Å²) in [5, 5.41) is 2.39. The van der Waals surface area contributed by atoms with Gasteiger partial charge in [-0.25, -0.2) is 4.79 Å². The van der Waals surface area contributed by atoms with Crippen LogP contribution in [0.3, 0.4) is 0 Å². The Morgan fingerprint density at radius 2 is 1.77 bits per heavy atom. The number of amides is 1. The predicted octanol–water partition coefficient (Wildman–Crippen LogP) is 3.64. The van der Waals surface area contributed by atoms with Crippen LogP contribution in [0.4, 0.5) is 0 Å². The summed E-state index contributed by atoms with van der Waals surface area (Å²) >= 11 is 0. The van der Waals surface area contributed by atoms with Crippen LogP contribution >= 0.6 is 0 Å². The molecule has 0 radical (unpaired) electrons. The number of nitrogens with zero attached hydrogens (tertiary/aromatic N) is 1. The lowest BCUT2D eigenvalue weighted by Crippen LogP contribution is -2.43. The second-order valence-corrected chi connectivity index (χ2v) is 7.90. The van der Waals surface area contributed by atoms with Crippen LogP contribution in [0.1, 0.15) is 51.0 Å². The SMILES string of the molecule is CCOC(=O)C(=O)C1CCCN1C(=O)CCC(=O)CCCc1ccc2ccccc2c1. The normalized spacial score (nSPS) is 15.8. The van der Waals surface area contributed by atoms with E-state index in [-0.39, 0.29) is 31.1 Å². The molecule has 1 aliphatic rings. The number of carbonyl (C=O) groups excluding carboxylic acids is 4. The van der Waals surface area contributed by atoms with E-state index in [1.165, 1.54) is 21.2 Å². The molecule has 2 aromatic carbocycles. The highest BCUT2D eigenvalue weighted by atomic mass is 16.5. The third-order valence-corrected chi connectivity index (χ3v) is 5.71. The zero-order chi connectivity index (χ0) is 22.2. The van der Waals surface area contributed by atoms with Gasteiger partial charge in [-0.1, -0.05) is 42.5 Å². The first-order chi connectivity index (χ1) is 15.0. The molecule has 2 aromatic rings. The largest absolute Gasteiger partial charge is 0.460 e. The zero-order valence-corrected chi connectivity index (χ0v) is 18.0. The van der Waals surface area contributed by atoms with Crippen LogP contribution in [0, 0.1) is 0 Å². The van der Waals surface area contributed by atoms with Crippen molar-refractivity contribution in [3.63, 3.8) is 0 Å². The Morgan fingerprint density at radius 3 is 2.55 bits per heavy atom. The number of likely N-dealkylation sites (tertiary alicyclic amines) is 1. The summed E-state index contributed by atoms with van der Waals surface area (Å²) in [5.74, 6) is -1.77. The van der Waals surface area contributed by atoms with Crippen molar-refractivity contribution in [1.29, 1.82) is 0 Å². The maximum atomic E-state index is 12.5. The molecule has 3 rings (SSSR count). The first-order valence-corrected chi connectivity index (χ1v) is 11.0. The molecule has 1 amide bonds. The predicted molar refractivity (Wildman–Crippen MR) is 118 cm³/mol. The van der Waals surface area contributed by atoms with Gasteiger partial charge in [0.15, 0.2) is 0 Å². The molecular weight excluding hydrogens is 394 g/mol. The van der Waals surface area contributed by atoms with Crippen LogP contribution in [-0.2, 0) is 30.3 Å². The summed E-state index contributed by atoms with van der Waals surface area (Å²) in [6.45, 7) is 2.19. The summed E-state index contributed by atoms with van der Waals surface area (Å²) < 4.78 is 4.77. The molecule has 1 fully saturated rings. The van der Waals surface area contributed by atoms with E-state index in [2.05, 4.69) is 30.3 Å². The van der Waals surface area contributed by atoms with Gasteiger partial charge in [-0.05, 0) is 48.9 Å². The molecule has 0 spiro atoms. The molecule has 1 heterocycles. The molecule has 164 valence electrons. The molecule has 0 aliphatic carbocycles. The molecule has 0 bridgehead atoms. The van der Waals surface area contributed by atoms with E-state index in [4.69, 9.17) is 4.74 Å². The van der Waals surface area contributed by atoms with E-state index in [1.807, 2.05) is 12.1 Å². The number of ether oxygens (including phenoxy) is 1. The van der Waals surface area contributed by atoms with Crippen LogP contribution in [0.25, 0.3) is 10.8 Å². The monoisotopic (exact) mass is 423 g/mol. The Bertz CT molecular complexity index is 967. The second-order valence-electron chi connectivity index (χ2n) is 7.90. The summed E-state index contributed by atoms with van der Waals surface area (Å²) in [4.78, 5) is 50.1. The van der Waals surface area contributed by atoms with Crippen molar-refractivity contribution in [2.75, 3.05) is 13.2 Å². The van der Waals surface area contributed by atoms with Crippen molar-refractivity contribution in [2.24, 2.45) is 0 Å². The third kappa shape index (κ3) is 6.00. The number of esters is 1. The topological polar surface area (TPSA) is 80.8 Å². The summed E-state index contributed by atoms with van der Waals surface area (Å²) in [6, 6.07) is 13.8. The Kier molecular flexibility index (Phi) is 7.93. The fourth-order valence-corrected chi connectivity index (χ4v) is 4.07. The number of rotatable bonds is 10. The van der Waals surface area contributed by atoms with Crippen molar-refractivity contribution in [1.82, 2.24) is 4.90 Å². The standard InChI is InChI=1S/C25H29NO5/c1-2-31-25(30)24(29)22-11-6-16-26(22)23(28)15-14-21(27)10-5-7-18-12-13-19-8-3-4-9-20(19)17-18/h3-4,8-9,12-13,17,22H,2,5-7,10-11,14-16H2,1H3. The van der Waals surface area contributed by atoms with Gasteiger partial charge in [-0.2, -0.15) is 0 Å². The van der Waals surface area contributed by atoms with Gasteiger partial charge in [0.05, 0.1) is 6.61 Å². The highest BCUT2D eigenvalue weighted by Gasteiger charge is 2.37. The number of ketones is 2. The minimum Gasteiger partial charge on any atom is -0.460 e. The number of hydrogen-bond acceptors (Lipinski definition) is 5. The number of benzene rings is 2. The van der Waals surface area contributed by atoms with E-state index < -0.39 is 17.8 Å². The molecule has 1 aliphatic heterocycles. The van der Waals surface area contributed by atoms with Gasteiger partial charge in [0.2, 0.25) is 5.91 Å². The third-order valence-electron chi connectivity index (χ3n) is 5.71. The molecular formula is C25H29NO5. The Balaban J connectivity index is 1.42. The number of hydrogen-bond donors (Lipinski definition) is 0. The number of carbonyl (C=O) groups is 4. The number of Topliss-reactive ketones (excluding diaryl/α,β-unsaturated/α-hetero) is 2. The van der Waals surface area contributed by atoms with Gasteiger partial charge in [-0.3, -0.25) is 14.4 Å². The minimum atomic E-state index is -0.892. The highest BCUT2D eigenvalue weighted by Crippen LogP contribution is 2.21. The first-order valence-electron chi connectivity index (χ1n) is 11.0. The van der Waals surface area contributed by atoms with Crippen LogP contribution in [-0.4, -0.2) is 47.5 Å². The lowest BCUT2D eigenvalue weighted by Gasteiger charge is -2.22. The van der Waals surface area contributed by atoms with Crippen molar-refractivity contribution in [3.8, 4) is 0 Å². The quantitative estimate of drug-likeness (QED) is 0.431. The van der Waals surface area contributed by atoms with Gasteiger partial charge in [0.25, 0.3) is 5.78 Å². The average Bonchev–Trinajstić information content (AvgIpc) is 3.27. The summed E-state index contributed by atoms with van der Waals surface area (Å²) in [5.41, 5.74) is 1.19. The Labute approximate surface area is 182 Å². The van der Waals surface area contributed by atoms with Gasteiger partial charge in [0.1, 0.15) is 11.8 Å². The highest BCUT2D eigenvalue weighted by molar-refractivity contribution is 6.36. The van der Waals surface area contributed by atoms with Gasteiger partial charge in [-0.15, -0.1) is 0 Å². The lowest BCUT2D eigenvalue weighted by molar-refractivity contribution is -0.156. The number of aryl methyl sites for hydroxylation is 1. The van der Waals surface area contributed by atoms with Crippen molar-refractivity contribution in [2.45, 2.75) is 57.9 Å². The maximum Gasteiger partial charge on any atom is 0.376 e. The fraction of sp³-hybridized carbons (Fsp3) is 0.440. The summed E-state index contributed by atoms with van der Waals surface area (Å²) in [6.07, 6.45) is 3.33. The van der Waals surface area contributed by atoms with E-state index in [0.29, 0.717) is 25.8 Å². The van der Waals surface area contributed by atoms with Crippen LogP contribution in [0.15, 0.2) is 42.5 Å². The van der Waals surface area contributed by atoms with Crippen molar-refractivity contribution in [3.05, 3.63) is 48.0 Å². The van der Waals surface area contributed by atoms with Crippen LogP contribution < -0.4 is 0 Å². The van der Waals surface area contributed by atoms with E-state index in [1.54, 1.807) is 6.92 Å². The lowest BCUT2D eigenvalue weighted by atomic mass is 10.0. The molecule has 1 unspecified atom stereocenters. The maximum absolute atomic E-state index is 12.5. The van der Waals surface area contributed by atoms with Gasteiger partial charge >= 0.3 is 5.97 Å². The van der Waals surface area contributed by atoms with Gasteiger partial charge in [0, 0.05) is 25.8 Å². The molecule has 6 heteroatoms. The van der Waals surface area contributed by atoms with Gasteiger partial charge < -0.3 is 9.64 Å².